The average Bonchev–Trinajstić information content (AvgIpc) is 2.94. The molecule has 1 fully saturated rings. The number of carbonyl (C=O) groups is 1. The summed E-state index contributed by atoms with van der Waals surface area (Å²) in [5, 5.41) is 16.0. The molecular weight excluding hydrogens is 216 g/mol. The van der Waals surface area contributed by atoms with Crippen molar-refractivity contribution in [3.05, 3.63) is 17.5 Å². The van der Waals surface area contributed by atoms with Gasteiger partial charge in [0.15, 0.2) is 5.69 Å². The summed E-state index contributed by atoms with van der Waals surface area (Å²) >= 11 is 0. The summed E-state index contributed by atoms with van der Waals surface area (Å²) in [5.41, 5.74) is 0.619. The number of rotatable bonds is 2. The number of amides is 1. The van der Waals surface area contributed by atoms with Gasteiger partial charge in [0.2, 0.25) is 0 Å². The van der Waals surface area contributed by atoms with Crippen molar-refractivity contribution in [2.75, 3.05) is 7.05 Å². The Hall–Kier alpha value is -1.83. The first-order chi connectivity index (χ1) is 8.12. The fourth-order valence-electron chi connectivity index (χ4n) is 2.51. The van der Waals surface area contributed by atoms with Crippen LogP contribution in [0.15, 0.2) is 6.20 Å². The van der Waals surface area contributed by atoms with Gasteiger partial charge in [0.1, 0.15) is 6.07 Å². The lowest BCUT2D eigenvalue weighted by Crippen LogP contribution is -2.29. The molecule has 0 bridgehead atoms. The molecule has 5 heteroatoms. The minimum atomic E-state index is -0.255. The van der Waals surface area contributed by atoms with Crippen molar-refractivity contribution in [2.24, 2.45) is 0 Å². The number of nitrogens with one attached hydrogen (secondary N) is 1. The lowest BCUT2D eigenvalue weighted by molar-refractivity contribution is 0.0962. The summed E-state index contributed by atoms with van der Waals surface area (Å²) in [6.45, 7) is 2.10. The minimum Gasteiger partial charge on any atom is -0.355 e. The molecule has 0 aromatic carbocycles. The number of aromatic nitrogens is 2. The van der Waals surface area contributed by atoms with Crippen LogP contribution < -0.4 is 5.32 Å². The van der Waals surface area contributed by atoms with Crippen LogP contribution in [0.25, 0.3) is 0 Å². The molecule has 1 heterocycles. The molecule has 0 radical (unpaired) electrons. The van der Waals surface area contributed by atoms with Gasteiger partial charge < -0.3 is 5.32 Å². The average molecular weight is 232 g/mol. The van der Waals surface area contributed by atoms with Gasteiger partial charge >= 0.3 is 0 Å². The Morgan fingerprint density at radius 2 is 2.24 bits per heavy atom. The van der Waals surface area contributed by atoms with E-state index < -0.39 is 0 Å². The molecule has 90 valence electrons. The first-order valence-corrected chi connectivity index (χ1v) is 5.83. The zero-order valence-corrected chi connectivity index (χ0v) is 10.2. The molecule has 1 N–H and O–H groups in total. The van der Waals surface area contributed by atoms with Crippen molar-refractivity contribution in [1.82, 2.24) is 15.1 Å². The van der Waals surface area contributed by atoms with E-state index in [9.17, 15) is 10.1 Å². The van der Waals surface area contributed by atoms with Crippen LogP contribution in [-0.2, 0) is 5.54 Å². The van der Waals surface area contributed by atoms with Gasteiger partial charge in [-0.25, -0.2) is 4.68 Å². The van der Waals surface area contributed by atoms with Gasteiger partial charge in [-0.1, -0.05) is 12.8 Å². The number of nitrogens with zero attached hydrogens (tertiary/aromatic N) is 3. The number of hydrogen-bond acceptors (Lipinski definition) is 3. The molecule has 1 aromatic rings. The normalized spacial score (nSPS) is 17.7. The first kappa shape index (κ1) is 11.6. The molecule has 1 aromatic heterocycles. The first-order valence-electron chi connectivity index (χ1n) is 5.83. The lowest BCUT2D eigenvalue weighted by atomic mass is 10.0. The largest absolute Gasteiger partial charge is 0.355 e. The SMILES string of the molecule is CNC(=O)c1cnn(C2(C)CCCC2)c1C#N. The van der Waals surface area contributed by atoms with E-state index in [1.807, 2.05) is 0 Å². The Bertz CT molecular complexity index is 477. The highest BCUT2D eigenvalue weighted by molar-refractivity contribution is 5.95. The quantitative estimate of drug-likeness (QED) is 0.837. The van der Waals surface area contributed by atoms with Crippen molar-refractivity contribution >= 4 is 5.91 Å². The van der Waals surface area contributed by atoms with E-state index in [1.165, 1.54) is 6.20 Å². The molecule has 17 heavy (non-hydrogen) atoms. The number of nitriles is 1. The summed E-state index contributed by atoms with van der Waals surface area (Å²) < 4.78 is 1.73. The second-order valence-electron chi connectivity index (χ2n) is 4.71. The molecule has 0 unspecified atom stereocenters. The van der Waals surface area contributed by atoms with Crippen LogP contribution >= 0.6 is 0 Å². The Morgan fingerprint density at radius 3 is 2.76 bits per heavy atom. The fraction of sp³-hybridized carbons (Fsp3) is 0.583. The van der Waals surface area contributed by atoms with E-state index in [1.54, 1.807) is 11.7 Å². The molecule has 5 nitrogen and oxygen atoms in total. The lowest BCUT2D eigenvalue weighted by Gasteiger charge is -2.25. The highest BCUT2D eigenvalue weighted by Crippen LogP contribution is 2.36. The van der Waals surface area contributed by atoms with Gasteiger partial charge in [0, 0.05) is 7.05 Å². The maximum Gasteiger partial charge on any atom is 0.255 e. The standard InChI is InChI=1S/C12H16N4O/c1-12(5-3-4-6-12)16-10(7-13)9(8-15-16)11(17)14-2/h8H,3-6H2,1-2H3,(H,14,17). The molecule has 0 spiro atoms. The minimum absolute atomic E-state index is 0.114. The monoisotopic (exact) mass is 232 g/mol. The highest BCUT2D eigenvalue weighted by atomic mass is 16.1. The summed E-state index contributed by atoms with van der Waals surface area (Å²) in [7, 11) is 1.55. The number of hydrogen-bond donors (Lipinski definition) is 1. The third-order valence-electron chi connectivity index (χ3n) is 3.54. The Balaban J connectivity index is 2.46. The number of carbonyl (C=O) groups excluding carboxylic acids is 1. The molecule has 1 aliphatic carbocycles. The molecule has 0 saturated heterocycles. The predicted molar refractivity (Wildman–Crippen MR) is 62.4 cm³/mol. The van der Waals surface area contributed by atoms with Gasteiger partial charge in [-0.3, -0.25) is 4.79 Å². The van der Waals surface area contributed by atoms with Crippen molar-refractivity contribution in [3.63, 3.8) is 0 Å². The van der Waals surface area contributed by atoms with Crippen LogP contribution in [0.5, 0.6) is 0 Å². The summed E-state index contributed by atoms with van der Waals surface area (Å²) in [5.74, 6) is -0.255. The van der Waals surface area contributed by atoms with E-state index in [4.69, 9.17) is 0 Å². The Kier molecular flexibility index (Phi) is 2.88. The van der Waals surface area contributed by atoms with Crippen molar-refractivity contribution < 1.29 is 4.79 Å². The van der Waals surface area contributed by atoms with E-state index >= 15 is 0 Å². The third kappa shape index (κ3) is 1.80. The third-order valence-corrected chi connectivity index (χ3v) is 3.54. The predicted octanol–water partition coefficient (Wildman–Crippen LogP) is 1.40. The van der Waals surface area contributed by atoms with Gasteiger partial charge in [-0.15, -0.1) is 0 Å². The van der Waals surface area contributed by atoms with E-state index in [0.717, 1.165) is 25.7 Å². The van der Waals surface area contributed by atoms with Crippen LogP contribution in [-0.4, -0.2) is 22.7 Å². The molecule has 1 aliphatic rings. The highest BCUT2D eigenvalue weighted by Gasteiger charge is 2.34. The summed E-state index contributed by atoms with van der Waals surface area (Å²) in [6.07, 6.45) is 5.81. The summed E-state index contributed by atoms with van der Waals surface area (Å²) in [4.78, 5) is 11.6. The van der Waals surface area contributed by atoms with Gasteiger partial charge in [0.05, 0.1) is 17.3 Å². The maximum atomic E-state index is 11.6. The second-order valence-corrected chi connectivity index (χ2v) is 4.71. The van der Waals surface area contributed by atoms with Crippen molar-refractivity contribution in [1.29, 1.82) is 5.26 Å². The Morgan fingerprint density at radius 1 is 1.59 bits per heavy atom. The van der Waals surface area contributed by atoms with Crippen LogP contribution in [0, 0.1) is 11.3 Å². The molecular formula is C12H16N4O. The maximum absolute atomic E-state index is 11.6. The molecule has 2 rings (SSSR count). The second kappa shape index (κ2) is 4.21. The van der Waals surface area contributed by atoms with E-state index in [-0.39, 0.29) is 11.4 Å². The van der Waals surface area contributed by atoms with Crippen LogP contribution in [0.2, 0.25) is 0 Å². The molecule has 0 atom stereocenters. The van der Waals surface area contributed by atoms with Gasteiger partial charge in [-0.05, 0) is 19.8 Å². The zero-order valence-electron chi connectivity index (χ0n) is 10.2. The zero-order chi connectivity index (χ0) is 12.5. The fourth-order valence-corrected chi connectivity index (χ4v) is 2.51. The topological polar surface area (TPSA) is 70.7 Å². The van der Waals surface area contributed by atoms with Crippen LogP contribution in [0.1, 0.15) is 48.7 Å². The molecule has 1 saturated carbocycles. The summed E-state index contributed by atoms with van der Waals surface area (Å²) in [6, 6.07) is 2.10. The smallest absolute Gasteiger partial charge is 0.255 e. The van der Waals surface area contributed by atoms with E-state index in [0.29, 0.717) is 11.3 Å². The van der Waals surface area contributed by atoms with Crippen molar-refractivity contribution in [3.8, 4) is 6.07 Å². The Labute approximate surface area is 100 Å². The molecule has 0 aliphatic heterocycles. The van der Waals surface area contributed by atoms with E-state index in [2.05, 4.69) is 23.4 Å². The van der Waals surface area contributed by atoms with Crippen LogP contribution in [0.4, 0.5) is 0 Å². The molecule has 1 amide bonds. The van der Waals surface area contributed by atoms with Gasteiger partial charge in [0.25, 0.3) is 5.91 Å². The van der Waals surface area contributed by atoms with Crippen LogP contribution in [0.3, 0.4) is 0 Å². The van der Waals surface area contributed by atoms with Gasteiger partial charge in [-0.2, -0.15) is 10.4 Å². The van der Waals surface area contributed by atoms with Crippen molar-refractivity contribution in [2.45, 2.75) is 38.1 Å².